The molecule has 1 N–H and O–H groups in total. The molecule has 1 aliphatic rings. The minimum absolute atomic E-state index is 0.0189. The van der Waals surface area contributed by atoms with Crippen LogP contribution in [0.1, 0.15) is 5.69 Å². The zero-order valence-corrected chi connectivity index (χ0v) is 12.9. The van der Waals surface area contributed by atoms with E-state index in [2.05, 4.69) is 25.2 Å². The molecule has 0 saturated carbocycles. The molecule has 0 spiro atoms. The molecule has 23 heavy (non-hydrogen) atoms. The van der Waals surface area contributed by atoms with Crippen LogP contribution in [0, 0.1) is 0 Å². The van der Waals surface area contributed by atoms with Crippen LogP contribution in [0.3, 0.4) is 0 Å². The molecule has 2 amide bonds. The van der Waals surface area contributed by atoms with Crippen LogP contribution >= 0.6 is 0 Å². The maximum Gasteiger partial charge on any atom is 0.317 e. The number of carbonyl (C=O) groups excluding carboxylic acids is 1. The van der Waals surface area contributed by atoms with Gasteiger partial charge in [-0.05, 0) is 18.2 Å². The molecule has 0 aliphatic carbocycles. The van der Waals surface area contributed by atoms with E-state index in [1.165, 1.54) is 0 Å². The van der Waals surface area contributed by atoms with Gasteiger partial charge >= 0.3 is 6.03 Å². The van der Waals surface area contributed by atoms with Crippen molar-refractivity contribution in [1.29, 1.82) is 0 Å². The first-order chi connectivity index (χ1) is 11.3. The molecule has 2 aromatic heterocycles. The Balaban J connectivity index is 1.41. The molecule has 120 valence electrons. The van der Waals surface area contributed by atoms with Gasteiger partial charge in [-0.1, -0.05) is 6.07 Å². The van der Waals surface area contributed by atoms with E-state index in [1.807, 2.05) is 23.1 Å². The molecule has 1 aliphatic heterocycles. The predicted molar refractivity (Wildman–Crippen MR) is 87.2 cm³/mol. The predicted octanol–water partition coefficient (Wildman–Crippen LogP) is 0.946. The van der Waals surface area contributed by atoms with Gasteiger partial charge in [0.2, 0.25) is 5.95 Å². The Morgan fingerprint density at radius 3 is 2.43 bits per heavy atom. The number of piperazine rings is 1. The normalized spacial score (nSPS) is 14.6. The maximum absolute atomic E-state index is 12.2. The van der Waals surface area contributed by atoms with Gasteiger partial charge in [-0.25, -0.2) is 14.8 Å². The molecule has 7 nitrogen and oxygen atoms in total. The van der Waals surface area contributed by atoms with E-state index in [9.17, 15) is 4.79 Å². The van der Waals surface area contributed by atoms with Gasteiger partial charge in [0, 0.05) is 63.4 Å². The van der Waals surface area contributed by atoms with E-state index in [1.54, 1.807) is 24.7 Å². The Morgan fingerprint density at radius 1 is 1.00 bits per heavy atom. The van der Waals surface area contributed by atoms with Gasteiger partial charge in [-0.15, -0.1) is 0 Å². The lowest BCUT2D eigenvalue weighted by Crippen LogP contribution is -2.52. The van der Waals surface area contributed by atoms with Gasteiger partial charge < -0.3 is 15.1 Å². The van der Waals surface area contributed by atoms with E-state index in [0.29, 0.717) is 19.6 Å². The number of carbonyl (C=O) groups is 1. The lowest BCUT2D eigenvalue weighted by atomic mass is 10.3. The highest BCUT2D eigenvalue weighted by molar-refractivity contribution is 5.74. The minimum atomic E-state index is -0.0189. The number of rotatable bonds is 4. The Kier molecular flexibility index (Phi) is 4.98. The summed E-state index contributed by atoms with van der Waals surface area (Å²) in [7, 11) is 0. The lowest BCUT2D eigenvalue weighted by Gasteiger charge is -2.34. The van der Waals surface area contributed by atoms with Crippen molar-refractivity contribution in [3.8, 4) is 0 Å². The van der Waals surface area contributed by atoms with Crippen LogP contribution < -0.4 is 10.2 Å². The second-order valence-electron chi connectivity index (χ2n) is 5.33. The summed E-state index contributed by atoms with van der Waals surface area (Å²) >= 11 is 0. The molecule has 0 atom stereocenters. The summed E-state index contributed by atoms with van der Waals surface area (Å²) in [5.74, 6) is 0.725. The fourth-order valence-electron chi connectivity index (χ4n) is 2.52. The third kappa shape index (κ3) is 4.15. The van der Waals surface area contributed by atoms with E-state index >= 15 is 0 Å². The van der Waals surface area contributed by atoms with Crippen LogP contribution in [0.25, 0.3) is 0 Å². The summed E-state index contributed by atoms with van der Waals surface area (Å²) in [5.41, 5.74) is 0.985. The summed E-state index contributed by atoms with van der Waals surface area (Å²) in [5, 5.41) is 2.95. The zero-order valence-electron chi connectivity index (χ0n) is 12.9. The standard InChI is InChI=1S/C16H20N6O/c23-16(20-9-5-14-4-1-2-6-17-14)22-12-10-21(11-13-22)15-18-7-3-8-19-15/h1-4,6-8H,5,9-13H2,(H,20,23). The van der Waals surface area contributed by atoms with Gasteiger partial charge in [-0.2, -0.15) is 0 Å². The molecule has 0 unspecified atom stereocenters. The van der Waals surface area contributed by atoms with Crippen molar-refractivity contribution >= 4 is 12.0 Å². The summed E-state index contributed by atoms with van der Waals surface area (Å²) < 4.78 is 0. The maximum atomic E-state index is 12.2. The summed E-state index contributed by atoms with van der Waals surface area (Å²) in [6, 6.07) is 7.58. The average molecular weight is 312 g/mol. The first-order valence-electron chi connectivity index (χ1n) is 7.77. The number of urea groups is 1. The van der Waals surface area contributed by atoms with Crippen molar-refractivity contribution in [3.63, 3.8) is 0 Å². The number of aromatic nitrogens is 3. The summed E-state index contributed by atoms with van der Waals surface area (Å²) in [6.45, 7) is 3.44. The van der Waals surface area contributed by atoms with Gasteiger partial charge in [0.1, 0.15) is 0 Å². The first-order valence-corrected chi connectivity index (χ1v) is 7.77. The van der Waals surface area contributed by atoms with Gasteiger partial charge in [0.05, 0.1) is 0 Å². The number of hydrogen-bond acceptors (Lipinski definition) is 5. The lowest BCUT2D eigenvalue weighted by molar-refractivity contribution is 0.194. The highest BCUT2D eigenvalue weighted by atomic mass is 16.2. The Labute approximate surface area is 135 Å². The van der Waals surface area contributed by atoms with Gasteiger partial charge in [0.25, 0.3) is 0 Å². The van der Waals surface area contributed by atoms with Crippen molar-refractivity contribution in [2.45, 2.75) is 6.42 Å². The largest absolute Gasteiger partial charge is 0.338 e. The topological polar surface area (TPSA) is 74.2 Å². The Bertz CT molecular complexity index is 613. The third-order valence-corrected chi connectivity index (χ3v) is 3.79. The van der Waals surface area contributed by atoms with Crippen molar-refractivity contribution in [1.82, 2.24) is 25.2 Å². The van der Waals surface area contributed by atoms with Crippen LogP contribution in [0.4, 0.5) is 10.7 Å². The van der Waals surface area contributed by atoms with Crippen molar-refractivity contribution in [2.75, 3.05) is 37.6 Å². The molecule has 7 heteroatoms. The third-order valence-electron chi connectivity index (χ3n) is 3.79. The monoisotopic (exact) mass is 312 g/mol. The SMILES string of the molecule is O=C(NCCc1ccccn1)N1CCN(c2ncccn2)CC1. The van der Waals surface area contributed by atoms with E-state index < -0.39 is 0 Å². The molecule has 1 saturated heterocycles. The number of nitrogens with zero attached hydrogens (tertiary/aromatic N) is 5. The van der Waals surface area contributed by atoms with Gasteiger partial charge in [-0.3, -0.25) is 4.98 Å². The molecular formula is C16H20N6O. The number of anilines is 1. The van der Waals surface area contributed by atoms with E-state index in [-0.39, 0.29) is 6.03 Å². The summed E-state index contributed by atoms with van der Waals surface area (Å²) in [6.07, 6.45) is 5.98. The smallest absolute Gasteiger partial charge is 0.317 e. The molecule has 0 aromatic carbocycles. The molecular weight excluding hydrogens is 292 g/mol. The van der Waals surface area contributed by atoms with Crippen molar-refractivity contribution in [3.05, 3.63) is 48.5 Å². The number of pyridine rings is 1. The Morgan fingerprint density at radius 2 is 1.74 bits per heavy atom. The highest BCUT2D eigenvalue weighted by Gasteiger charge is 2.21. The number of hydrogen-bond donors (Lipinski definition) is 1. The van der Waals surface area contributed by atoms with Crippen LogP contribution in [0.15, 0.2) is 42.9 Å². The Hall–Kier alpha value is -2.70. The fraction of sp³-hybridized carbons (Fsp3) is 0.375. The van der Waals surface area contributed by atoms with Gasteiger partial charge in [0.15, 0.2) is 0 Å². The van der Waals surface area contributed by atoms with Crippen LogP contribution in [0.5, 0.6) is 0 Å². The van der Waals surface area contributed by atoms with Crippen LogP contribution in [-0.4, -0.2) is 58.6 Å². The zero-order chi connectivity index (χ0) is 15.9. The molecule has 0 radical (unpaired) electrons. The first kappa shape index (κ1) is 15.2. The van der Waals surface area contributed by atoms with Crippen molar-refractivity contribution in [2.24, 2.45) is 0 Å². The van der Waals surface area contributed by atoms with Crippen molar-refractivity contribution < 1.29 is 4.79 Å². The molecule has 3 rings (SSSR count). The van der Waals surface area contributed by atoms with Crippen LogP contribution in [-0.2, 0) is 6.42 Å². The highest BCUT2D eigenvalue weighted by Crippen LogP contribution is 2.09. The van der Waals surface area contributed by atoms with E-state index in [4.69, 9.17) is 0 Å². The average Bonchev–Trinajstić information content (AvgIpc) is 2.63. The molecule has 0 bridgehead atoms. The fourth-order valence-corrected chi connectivity index (χ4v) is 2.52. The second-order valence-corrected chi connectivity index (χ2v) is 5.33. The quantitative estimate of drug-likeness (QED) is 0.910. The number of nitrogens with one attached hydrogen (secondary N) is 1. The molecule has 3 heterocycles. The molecule has 2 aromatic rings. The van der Waals surface area contributed by atoms with Crippen LogP contribution in [0.2, 0.25) is 0 Å². The number of amides is 2. The van der Waals surface area contributed by atoms with E-state index in [0.717, 1.165) is 31.2 Å². The summed E-state index contributed by atoms with van der Waals surface area (Å²) in [4.78, 5) is 28.8. The molecule has 1 fully saturated rings. The second kappa shape index (κ2) is 7.53. The minimum Gasteiger partial charge on any atom is -0.338 e.